The van der Waals surface area contributed by atoms with Gasteiger partial charge in [0.05, 0.1) is 0 Å². The summed E-state index contributed by atoms with van der Waals surface area (Å²) in [4.78, 5) is 11.2. The number of nitrogens with one attached hydrogen (secondary N) is 1. The molecule has 6 heteroatoms. The minimum absolute atomic E-state index is 0.0574. The average molecular weight is 259 g/mol. The molecule has 1 heterocycles. The van der Waals surface area contributed by atoms with E-state index in [0.29, 0.717) is 0 Å². The maximum atomic E-state index is 13.6. The third-order valence-electron chi connectivity index (χ3n) is 2.72. The summed E-state index contributed by atoms with van der Waals surface area (Å²) in [5, 5.41) is 2.81. The number of ether oxygens (including phenoxy) is 1. The van der Waals surface area contributed by atoms with Crippen LogP contribution in [0.1, 0.15) is 18.1 Å². The zero-order chi connectivity index (χ0) is 12.4. The smallest absolute Gasteiger partial charge is 0.160 e. The zero-order valence-electron chi connectivity index (χ0n) is 8.95. The van der Waals surface area contributed by atoms with Crippen molar-refractivity contribution in [3.8, 4) is 0 Å². The van der Waals surface area contributed by atoms with Crippen LogP contribution in [0.25, 0.3) is 0 Å². The molecule has 92 valence electrons. The average Bonchev–Trinajstić information content (AvgIpc) is 2.32. The largest absolute Gasteiger partial charge is 0.364 e. The van der Waals surface area contributed by atoms with Crippen LogP contribution in [0.4, 0.5) is 8.78 Å². The first-order valence-corrected chi connectivity index (χ1v) is 5.74. The van der Waals surface area contributed by atoms with Gasteiger partial charge in [0.15, 0.2) is 5.78 Å². The molecule has 1 aliphatic heterocycles. The van der Waals surface area contributed by atoms with E-state index in [-0.39, 0.29) is 30.4 Å². The van der Waals surface area contributed by atoms with Crippen LogP contribution in [0, 0.1) is 11.6 Å². The summed E-state index contributed by atoms with van der Waals surface area (Å²) in [5.74, 6) is -1.11. The van der Waals surface area contributed by atoms with Crippen molar-refractivity contribution in [2.75, 3.05) is 6.61 Å². The van der Waals surface area contributed by atoms with Crippen LogP contribution < -0.4 is 5.09 Å². The molecule has 3 atom stereocenters. The van der Waals surface area contributed by atoms with E-state index in [1.807, 2.05) is 0 Å². The van der Waals surface area contributed by atoms with E-state index in [1.54, 1.807) is 0 Å². The number of hydrogen-bond donors (Lipinski definition) is 1. The molecule has 17 heavy (non-hydrogen) atoms. The van der Waals surface area contributed by atoms with Crippen molar-refractivity contribution in [3.05, 3.63) is 35.4 Å². The van der Waals surface area contributed by atoms with Gasteiger partial charge in [-0.1, -0.05) is 9.39 Å². The predicted octanol–water partition coefficient (Wildman–Crippen LogP) is 1.74. The Morgan fingerprint density at radius 2 is 2.18 bits per heavy atom. The maximum Gasteiger partial charge on any atom is 0.160 e. The number of halogens is 2. The molecule has 1 unspecified atom stereocenters. The minimum atomic E-state index is -0.652. The third kappa shape index (κ3) is 2.68. The van der Waals surface area contributed by atoms with Crippen LogP contribution in [-0.4, -0.2) is 18.4 Å². The number of ketones is 1. The van der Waals surface area contributed by atoms with E-state index in [1.165, 1.54) is 0 Å². The van der Waals surface area contributed by atoms with E-state index in [2.05, 4.69) is 14.5 Å². The highest BCUT2D eigenvalue weighted by atomic mass is 31.0. The molecule has 0 bridgehead atoms. The topological polar surface area (TPSA) is 38.3 Å². The Balaban J connectivity index is 2.31. The van der Waals surface area contributed by atoms with Crippen LogP contribution in [0.15, 0.2) is 18.2 Å². The molecular formula is C11H12F2NO2P. The second-order valence-corrected chi connectivity index (χ2v) is 4.25. The first-order chi connectivity index (χ1) is 8.11. The molecule has 1 aromatic carbocycles. The fourth-order valence-electron chi connectivity index (χ4n) is 1.90. The normalized spacial score (nSPS) is 25.0. The van der Waals surface area contributed by atoms with Gasteiger partial charge in [-0.05, 0) is 18.2 Å². The van der Waals surface area contributed by atoms with Crippen molar-refractivity contribution in [3.63, 3.8) is 0 Å². The maximum absolute atomic E-state index is 13.6. The number of carbonyl (C=O) groups is 1. The fourth-order valence-corrected chi connectivity index (χ4v) is 2.19. The summed E-state index contributed by atoms with van der Waals surface area (Å²) in [6, 6.07) is 2.85. The quantitative estimate of drug-likeness (QED) is 0.822. The lowest BCUT2D eigenvalue weighted by Gasteiger charge is -2.31. The van der Waals surface area contributed by atoms with Crippen LogP contribution >= 0.6 is 9.39 Å². The number of Topliss-reactive ketones (excluding diaryl/α,β-unsaturated/α-hetero) is 1. The molecule has 1 aromatic rings. The van der Waals surface area contributed by atoms with Crippen molar-refractivity contribution < 1.29 is 18.3 Å². The van der Waals surface area contributed by atoms with Crippen molar-refractivity contribution in [2.45, 2.75) is 18.6 Å². The highest BCUT2D eigenvalue weighted by Gasteiger charge is 2.32. The lowest BCUT2D eigenvalue weighted by atomic mass is 9.96. The molecule has 3 nitrogen and oxygen atoms in total. The summed E-state index contributed by atoms with van der Waals surface area (Å²) in [5.41, 5.74) is 0.137. The van der Waals surface area contributed by atoms with Crippen LogP contribution in [-0.2, 0) is 9.53 Å². The van der Waals surface area contributed by atoms with Gasteiger partial charge in [0.25, 0.3) is 0 Å². The van der Waals surface area contributed by atoms with Crippen molar-refractivity contribution in [1.82, 2.24) is 5.09 Å². The number of carbonyl (C=O) groups excluding carboxylic acids is 1. The Morgan fingerprint density at radius 3 is 2.88 bits per heavy atom. The molecule has 0 aromatic heterocycles. The Labute approximate surface area is 99.8 Å². The lowest BCUT2D eigenvalue weighted by Crippen LogP contribution is -2.39. The van der Waals surface area contributed by atoms with Gasteiger partial charge in [0, 0.05) is 18.0 Å². The molecule has 0 radical (unpaired) electrons. The fraction of sp³-hybridized carbons (Fsp3) is 0.364. The molecule has 1 saturated heterocycles. The van der Waals surface area contributed by atoms with Crippen LogP contribution in [0.3, 0.4) is 0 Å². The monoisotopic (exact) mass is 259 g/mol. The summed E-state index contributed by atoms with van der Waals surface area (Å²) >= 11 is 0. The minimum Gasteiger partial charge on any atom is -0.364 e. The van der Waals surface area contributed by atoms with Gasteiger partial charge < -0.3 is 4.74 Å². The standard InChI is InChI=1S/C11H12F2NO2P/c12-6-1-2-9(13)8(3-6)11-10(14-17)4-7(15)5-16-11/h1-3,10-11,14H,4-5,17H2/t10-,11+/m0/s1. The van der Waals surface area contributed by atoms with Gasteiger partial charge in [0.2, 0.25) is 0 Å². The summed E-state index contributed by atoms with van der Waals surface area (Å²) < 4.78 is 32.0. The van der Waals surface area contributed by atoms with E-state index < -0.39 is 17.7 Å². The molecule has 2 rings (SSSR count). The molecule has 1 aliphatic rings. The van der Waals surface area contributed by atoms with E-state index in [4.69, 9.17) is 4.74 Å². The Bertz CT molecular complexity index is 441. The Kier molecular flexibility index (Phi) is 3.82. The first-order valence-electron chi connectivity index (χ1n) is 5.16. The number of benzene rings is 1. The van der Waals surface area contributed by atoms with Crippen LogP contribution in [0.2, 0.25) is 0 Å². The van der Waals surface area contributed by atoms with E-state index in [0.717, 1.165) is 18.2 Å². The van der Waals surface area contributed by atoms with Crippen LogP contribution in [0.5, 0.6) is 0 Å². The highest BCUT2D eigenvalue weighted by Crippen LogP contribution is 2.30. The van der Waals surface area contributed by atoms with E-state index in [9.17, 15) is 13.6 Å². The lowest BCUT2D eigenvalue weighted by molar-refractivity contribution is -0.133. The number of rotatable bonds is 2. The van der Waals surface area contributed by atoms with Gasteiger partial charge in [-0.25, -0.2) is 8.78 Å². The molecule has 0 amide bonds. The molecule has 0 aliphatic carbocycles. The van der Waals surface area contributed by atoms with Gasteiger partial charge >= 0.3 is 0 Å². The third-order valence-corrected chi connectivity index (χ3v) is 3.14. The molecule has 1 N–H and O–H groups in total. The summed E-state index contributed by atoms with van der Waals surface area (Å²) in [7, 11) is 2.27. The SMILES string of the molecule is O=C1CO[C@H](c2cc(F)ccc2F)[C@@H](NP)C1. The Morgan fingerprint density at radius 1 is 1.41 bits per heavy atom. The van der Waals surface area contributed by atoms with Crippen molar-refractivity contribution in [1.29, 1.82) is 0 Å². The summed E-state index contributed by atoms with van der Waals surface area (Å²) in [6.45, 7) is -0.0660. The predicted molar refractivity (Wildman–Crippen MR) is 61.3 cm³/mol. The second kappa shape index (κ2) is 5.17. The second-order valence-electron chi connectivity index (χ2n) is 3.91. The zero-order valence-corrected chi connectivity index (χ0v) is 10.1. The molecular weight excluding hydrogens is 247 g/mol. The number of hydrogen-bond acceptors (Lipinski definition) is 3. The van der Waals surface area contributed by atoms with Crippen molar-refractivity contribution in [2.24, 2.45) is 0 Å². The molecule has 1 fully saturated rings. The Hall–Kier alpha value is -0.900. The first kappa shape index (κ1) is 12.6. The molecule has 0 saturated carbocycles. The van der Waals surface area contributed by atoms with Gasteiger partial charge in [-0.3, -0.25) is 9.88 Å². The van der Waals surface area contributed by atoms with Gasteiger partial charge in [-0.2, -0.15) is 0 Å². The molecule has 0 spiro atoms. The summed E-state index contributed by atoms with van der Waals surface area (Å²) in [6.07, 6.45) is -0.412. The van der Waals surface area contributed by atoms with E-state index >= 15 is 0 Å². The van der Waals surface area contributed by atoms with Gasteiger partial charge in [0.1, 0.15) is 24.3 Å². The van der Waals surface area contributed by atoms with Gasteiger partial charge in [-0.15, -0.1) is 0 Å². The highest BCUT2D eigenvalue weighted by molar-refractivity contribution is 7.13. The van der Waals surface area contributed by atoms with Crippen molar-refractivity contribution >= 4 is 15.2 Å².